The van der Waals surface area contributed by atoms with Crippen molar-refractivity contribution in [2.75, 3.05) is 13.2 Å². The van der Waals surface area contributed by atoms with Crippen molar-refractivity contribution in [1.29, 1.82) is 0 Å². The molecule has 1 aliphatic heterocycles. The van der Waals surface area contributed by atoms with Crippen LogP contribution >= 0.6 is 0 Å². The standard InChI is InChI=1S/C19H23NO3/c1-12-6-4-5-7-17(12)23-9-8-20-18(21)15-10-13(2)14(3)11-16(15)19(20)22/h4-7,15-16H,8-11H2,1-3H3. The van der Waals surface area contributed by atoms with Crippen LogP contribution in [0.3, 0.4) is 0 Å². The van der Waals surface area contributed by atoms with Gasteiger partial charge in [0.1, 0.15) is 12.4 Å². The second-order valence-corrected chi connectivity index (χ2v) is 6.62. The summed E-state index contributed by atoms with van der Waals surface area (Å²) in [7, 11) is 0. The Morgan fingerprint density at radius 2 is 1.57 bits per heavy atom. The molecule has 122 valence electrons. The van der Waals surface area contributed by atoms with Gasteiger partial charge < -0.3 is 4.74 Å². The van der Waals surface area contributed by atoms with E-state index in [0.29, 0.717) is 13.2 Å². The topological polar surface area (TPSA) is 46.6 Å². The third-order valence-corrected chi connectivity index (χ3v) is 5.10. The summed E-state index contributed by atoms with van der Waals surface area (Å²) in [5, 5.41) is 0. The third kappa shape index (κ3) is 2.90. The van der Waals surface area contributed by atoms with Gasteiger partial charge in [-0.3, -0.25) is 14.5 Å². The van der Waals surface area contributed by atoms with Crippen molar-refractivity contribution < 1.29 is 14.3 Å². The van der Waals surface area contributed by atoms with Gasteiger partial charge in [-0.25, -0.2) is 0 Å². The Balaban J connectivity index is 1.63. The molecule has 0 N–H and O–H groups in total. The van der Waals surface area contributed by atoms with Crippen molar-refractivity contribution in [3.63, 3.8) is 0 Å². The van der Waals surface area contributed by atoms with E-state index >= 15 is 0 Å². The average molecular weight is 313 g/mol. The van der Waals surface area contributed by atoms with E-state index in [1.807, 2.05) is 31.2 Å². The van der Waals surface area contributed by atoms with Gasteiger partial charge in [0, 0.05) is 0 Å². The van der Waals surface area contributed by atoms with Crippen molar-refractivity contribution in [2.24, 2.45) is 11.8 Å². The number of hydrogen-bond acceptors (Lipinski definition) is 3. The number of aryl methyl sites for hydroxylation is 1. The summed E-state index contributed by atoms with van der Waals surface area (Å²) in [6.07, 6.45) is 1.44. The third-order valence-electron chi connectivity index (χ3n) is 5.10. The largest absolute Gasteiger partial charge is 0.491 e. The van der Waals surface area contributed by atoms with Crippen molar-refractivity contribution in [3.05, 3.63) is 41.0 Å². The summed E-state index contributed by atoms with van der Waals surface area (Å²) in [6, 6.07) is 7.75. The first-order valence-corrected chi connectivity index (χ1v) is 8.18. The lowest BCUT2D eigenvalue weighted by molar-refractivity contribution is -0.140. The van der Waals surface area contributed by atoms with Gasteiger partial charge in [0.15, 0.2) is 0 Å². The number of nitrogens with zero attached hydrogens (tertiary/aromatic N) is 1. The van der Waals surface area contributed by atoms with Crippen LogP contribution in [0.4, 0.5) is 0 Å². The van der Waals surface area contributed by atoms with Crippen LogP contribution in [-0.2, 0) is 9.59 Å². The minimum absolute atomic E-state index is 0.0276. The predicted molar refractivity (Wildman–Crippen MR) is 88.0 cm³/mol. The van der Waals surface area contributed by atoms with Crippen LogP contribution in [-0.4, -0.2) is 29.9 Å². The van der Waals surface area contributed by atoms with Crippen LogP contribution in [0.25, 0.3) is 0 Å². The van der Waals surface area contributed by atoms with Gasteiger partial charge in [-0.1, -0.05) is 29.3 Å². The lowest BCUT2D eigenvalue weighted by atomic mass is 9.78. The minimum atomic E-state index is -0.162. The second kappa shape index (κ2) is 6.19. The van der Waals surface area contributed by atoms with E-state index < -0.39 is 0 Å². The van der Waals surface area contributed by atoms with E-state index in [9.17, 15) is 9.59 Å². The van der Waals surface area contributed by atoms with E-state index in [1.165, 1.54) is 16.0 Å². The summed E-state index contributed by atoms with van der Waals surface area (Å²) in [5.41, 5.74) is 3.56. The van der Waals surface area contributed by atoms with E-state index in [0.717, 1.165) is 24.2 Å². The van der Waals surface area contributed by atoms with Crippen LogP contribution in [0.5, 0.6) is 5.75 Å². The molecular weight excluding hydrogens is 290 g/mol. The molecule has 0 bridgehead atoms. The molecule has 0 aromatic heterocycles. The zero-order valence-electron chi connectivity index (χ0n) is 14.0. The molecule has 1 heterocycles. The molecule has 2 aliphatic rings. The summed E-state index contributed by atoms with van der Waals surface area (Å²) in [4.78, 5) is 26.5. The zero-order chi connectivity index (χ0) is 16.6. The molecule has 1 aromatic rings. The Morgan fingerprint density at radius 1 is 1.00 bits per heavy atom. The Bertz CT molecular complexity index is 645. The van der Waals surface area contributed by atoms with Crippen LogP contribution in [0.1, 0.15) is 32.3 Å². The Morgan fingerprint density at radius 3 is 2.13 bits per heavy atom. The van der Waals surface area contributed by atoms with Crippen molar-refractivity contribution in [2.45, 2.75) is 33.6 Å². The normalized spacial score (nSPS) is 24.2. The quantitative estimate of drug-likeness (QED) is 0.634. The van der Waals surface area contributed by atoms with Crippen molar-refractivity contribution in [3.8, 4) is 5.75 Å². The summed E-state index contributed by atoms with van der Waals surface area (Å²) in [5.74, 6) is 0.423. The number of hydrogen-bond donors (Lipinski definition) is 0. The lowest BCUT2D eigenvalue weighted by Gasteiger charge is -2.23. The summed E-state index contributed by atoms with van der Waals surface area (Å²) < 4.78 is 5.73. The smallest absolute Gasteiger partial charge is 0.233 e. The Labute approximate surface area is 137 Å². The lowest BCUT2D eigenvalue weighted by Crippen LogP contribution is -2.34. The maximum Gasteiger partial charge on any atom is 0.233 e. The van der Waals surface area contributed by atoms with Gasteiger partial charge >= 0.3 is 0 Å². The molecule has 4 nitrogen and oxygen atoms in total. The van der Waals surface area contributed by atoms with Gasteiger partial charge in [-0.2, -0.15) is 0 Å². The molecular formula is C19H23NO3. The highest BCUT2D eigenvalue weighted by Crippen LogP contribution is 2.40. The fraction of sp³-hybridized carbons (Fsp3) is 0.474. The highest BCUT2D eigenvalue weighted by atomic mass is 16.5. The number of rotatable bonds is 4. The second-order valence-electron chi connectivity index (χ2n) is 6.62. The van der Waals surface area contributed by atoms with Crippen molar-refractivity contribution >= 4 is 11.8 Å². The first-order valence-electron chi connectivity index (χ1n) is 8.18. The van der Waals surface area contributed by atoms with Gasteiger partial charge in [-0.15, -0.1) is 0 Å². The number of likely N-dealkylation sites (tertiary alicyclic amines) is 1. The molecule has 1 fully saturated rings. The van der Waals surface area contributed by atoms with E-state index in [2.05, 4.69) is 13.8 Å². The molecule has 23 heavy (non-hydrogen) atoms. The first kappa shape index (κ1) is 15.8. The number of allylic oxidation sites excluding steroid dienone is 2. The number of imide groups is 1. The highest BCUT2D eigenvalue weighted by Gasteiger charge is 2.48. The number of carbonyl (C=O) groups excluding carboxylic acids is 2. The predicted octanol–water partition coefficient (Wildman–Crippen LogP) is 3.11. The molecule has 0 saturated carbocycles. The van der Waals surface area contributed by atoms with Crippen LogP contribution < -0.4 is 4.74 Å². The van der Waals surface area contributed by atoms with Gasteiger partial charge in [0.25, 0.3) is 0 Å². The number of ether oxygens (including phenoxy) is 1. The zero-order valence-corrected chi connectivity index (χ0v) is 14.0. The van der Waals surface area contributed by atoms with Crippen molar-refractivity contribution in [1.82, 2.24) is 4.90 Å². The molecule has 2 amide bonds. The van der Waals surface area contributed by atoms with Gasteiger partial charge in [-0.05, 0) is 45.2 Å². The minimum Gasteiger partial charge on any atom is -0.491 e. The molecule has 3 rings (SSSR count). The molecule has 2 unspecified atom stereocenters. The number of para-hydroxylation sites is 1. The molecule has 2 atom stereocenters. The maximum atomic E-state index is 12.5. The maximum absolute atomic E-state index is 12.5. The number of carbonyl (C=O) groups is 2. The molecule has 4 heteroatoms. The van der Waals surface area contributed by atoms with Crippen LogP contribution in [0, 0.1) is 18.8 Å². The monoisotopic (exact) mass is 313 g/mol. The molecule has 0 radical (unpaired) electrons. The Hall–Kier alpha value is -2.10. The van der Waals surface area contributed by atoms with Gasteiger partial charge in [0.2, 0.25) is 11.8 Å². The fourth-order valence-electron chi connectivity index (χ4n) is 3.51. The molecule has 0 spiro atoms. The van der Waals surface area contributed by atoms with E-state index in [-0.39, 0.29) is 23.7 Å². The van der Waals surface area contributed by atoms with Gasteiger partial charge in [0.05, 0.1) is 18.4 Å². The molecule has 1 aliphatic carbocycles. The number of amides is 2. The number of fused-ring (bicyclic) bond motifs is 1. The SMILES string of the molecule is CC1=C(C)CC2C(=O)N(CCOc3ccccc3C)C(=O)C2C1. The first-order chi connectivity index (χ1) is 11.0. The average Bonchev–Trinajstić information content (AvgIpc) is 2.74. The molecule has 1 saturated heterocycles. The van der Waals surface area contributed by atoms with E-state index in [1.54, 1.807) is 0 Å². The summed E-state index contributed by atoms with van der Waals surface area (Å²) in [6.45, 7) is 6.78. The summed E-state index contributed by atoms with van der Waals surface area (Å²) >= 11 is 0. The van der Waals surface area contributed by atoms with Crippen LogP contribution in [0.2, 0.25) is 0 Å². The molecule has 1 aromatic carbocycles. The van der Waals surface area contributed by atoms with E-state index in [4.69, 9.17) is 4.74 Å². The number of benzene rings is 1. The van der Waals surface area contributed by atoms with Crippen LogP contribution in [0.15, 0.2) is 35.4 Å². The Kier molecular flexibility index (Phi) is 4.24. The highest BCUT2D eigenvalue weighted by molar-refractivity contribution is 6.05. The fourth-order valence-corrected chi connectivity index (χ4v) is 3.51.